The van der Waals surface area contributed by atoms with Crippen molar-refractivity contribution in [2.24, 2.45) is 0 Å². The number of H-pyrrole nitrogens is 1. The molecule has 3 aromatic heterocycles. The summed E-state index contributed by atoms with van der Waals surface area (Å²) in [7, 11) is 1.49. The molecule has 2 atom stereocenters. The maximum Gasteiger partial charge on any atom is 0.165 e. The van der Waals surface area contributed by atoms with Crippen LogP contribution in [0.2, 0.25) is 0 Å². The molecule has 8 heteroatoms. The Morgan fingerprint density at radius 1 is 1.09 bits per heavy atom. The van der Waals surface area contributed by atoms with Crippen LogP contribution in [0.4, 0.5) is 10.2 Å². The maximum atomic E-state index is 14.0. The molecule has 32 heavy (non-hydrogen) atoms. The lowest BCUT2D eigenvalue weighted by atomic mass is 9.86. The van der Waals surface area contributed by atoms with Crippen LogP contribution in [0.5, 0.6) is 5.75 Å². The number of pyridine rings is 1. The first kappa shape index (κ1) is 19.2. The van der Waals surface area contributed by atoms with E-state index in [2.05, 4.69) is 36.9 Å². The molecule has 0 aliphatic carbocycles. The van der Waals surface area contributed by atoms with Crippen molar-refractivity contribution in [2.45, 2.75) is 25.0 Å². The highest BCUT2D eigenvalue weighted by molar-refractivity contribution is 5.90. The lowest BCUT2D eigenvalue weighted by Crippen LogP contribution is -2.68. The number of anilines is 1. The number of hydrogen-bond acceptors (Lipinski definition) is 6. The second kappa shape index (κ2) is 7.56. The van der Waals surface area contributed by atoms with Gasteiger partial charge in [-0.1, -0.05) is 6.07 Å². The predicted molar refractivity (Wildman–Crippen MR) is 120 cm³/mol. The van der Waals surface area contributed by atoms with E-state index in [9.17, 15) is 4.39 Å². The van der Waals surface area contributed by atoms with E-state index in [4.69, 9.17) is 9.72 Å². The van der Waals surface area contributed by atoms with Gasteiger partial charge in [-0.25, -0.2) is 19.3 Å². The number of benzene rings is 1. The van der Waals surface area contributed by atoms with Crippen LogP contribution in [0, 0.1) is 5.82 Å². The van der Waals surface area contributed by atoms with Gasteiger partial charge in [0, 0.05) is 55.1 Å². The van der Waals surface area contributed by atoms with E-state index in [1.807, 2.05) is 24.5 Å². The third-order valence-corrected chi connectivity index (χ3v) is 6.63. The number of piperazine rings is 1. The molecule has 3 aliphatic rings. The molecule has 162 valence electrons. The molecule has 2 bridgehead atoms. The Hall–Kier alpha value is -3.52. The number of fused-ring (bicyclic) bond motifs is 3. The predicted octanol–water partition coefficient (Wildman–Crippen LogP) is 3.63. The smallest absolute Gasteiger partial charge is 0.165 e. The Balaban J connectivity index is 1.15. The van der Waals surface area contributed by atoms with Crippen molar-refractivity contribution >= 4 is 16.9 Å². The van der Waals surface area contributed by atoms with Crippen molar-refractivity contribution in [3.63, 3.8) is 0 Å². The summed E-state index contributed by atoms with van der Waals surface area (Å²) in [6.07, 6.45) is 6.52. The molecule has 3 aliphatic heterocycles. The molecular formula is C24H23FN6O. The second-order valence-electron chi connectivity index (χ2n) is 8.46. The van der Waals surface area contributed by atoms with Gasteiger partial charge in [0.05, 0.1) is 12.8 Å². The number of ether oxygens (including phenoxy) is 1. The van der Waals surface area contributed by atoms with Gasteiger partial charge in [-0.15, -0.1) is 0 Å². The first-order chi connectivity index (χ1) is 15.7. The molecule has 0 saturated carbocycles. The van der Waals surface area contributed by atoms with Gasteiger partial charge in [0.25, 0.3) is 0 Å². The summed E-state index contributed by atoms with van der Waals surface area (Å²) in [5.74, 6) is 0.970. The van der Waals surface area contributed by atoms with Crippen LogP contribution in [0.15, 0.2) is 55.1 Å². The van der Waals surface area contributed by atoms with Crippen LogP contribution in [0.25, 0.3) is 22.3 Å². The van der Waals surface area contributed by atoms with E-state index in [1.54, 1.807) is 18.5 Å². The van der Waals surface area contributed by atoms with Gasteiger partial charge >= 0.3 is 0 Å². The lowest BCUT2D eigenvalue weighted by molar-refractivity contribution is -0.00875. The van der Waals surface area contributed by atoms with Crippen molar-refractivity contribution in [1.29, 1.82) is 0 Å². The van der Waals surface area contributed by atoms with Gasteiger partial charge in [0.15, 0.2) is 11.6 Å². The van der Waals surface area contributed by atoms with Crippen LogP contribution in [0.3, 0.4) is 0 Å². The summed E-state index contributed by atoms with van der Waals surface area (Å²) < 4.78 is 19.1. The van der Waals surface area contributed by atoms with Gasteiger partial charge in [0.1, 0.15) is 17.8 Å². The van der Waals surface area contributed by atoms with Crippen molar-refractivity contribution in [3.8, 4) is 17.0 Å². The number of piperidine rings is 1. The zero-order chi connectivity index (χ0) is 21.7. The van der Waals surface area contributed by atoms with E-state index in [0.717, 1.165) is 53.3 Å². The SMILES string of the molecule is COc1ccc(CN2C3CC2CN(c2ccc(-c4ncnc5[nH]ccc45)cn2)C3)cc1F. The number of halogens is 1. The molecule has 1 N–H and O–H groups in total. The van der Waals surface area contributed by atoms with E-state index in [0.29, 0.717) is 12.1 Å². The standard InChI is InChI=1S/C24H23FN6O/c1-32-21-4-2-15(8-20(21)25)11-31-17-9-18(31)13-30(12-17)22-5-3-16(10-27-22)23-19-6-7-26-24(19)29-14-28-23/h2-8,10,14,17-18H,9,11-13H2,1H3,(H,26,28,29). The highest BCUT2D eigenvalue weighted by Gasteiger charge is 2.44. The fourth-order valence-electron chi connectivity index (χ4n) is 4.97. The largest absolute Gasteiger partial charge is 0.494 e. The van der Waals surface area contributed by atoms with Gasteiger partial charge in [-0.05, 0) is 42.3 Å². The van der Waals surface area contributed by atoms with E-state index in [-0.39, 0.29) is 11.6 Å². The summed E-state index contributed by atoms with van der Waals surface area (Å²) in [6, 6.07) is 12.3. The number of rotatable bonds is 5. The summed E-state index contributed by atoms with van der Waals surface area (Å²) >= 11 is 0. The quantitative estimate of drug-likeness (QED) is 0.521. The summed E-state index contributed by atoms with van der Waals surface area (Å²) in [4.78, 5) is 21.4. The Kier molecular flexibility index (Phi) is 4.53. The molecule has 3 fully saturated rings. The highest BCUT2D eigenvalue weighted by Crippen LogP contribution is 2.36. The van der Waals surface area contributed by atoms with Crippen LogP contribution < -0.4 is 9.64 Å². The molecule has 7 rings (SSSR count). The zero-order valence-electron chi connectivity index (χ0n) is 17.7. The van der Waals surface area contributed by atoms with E-state index < -0.39 is 0 Å². The molecule has 4 aromatic rings. The lowest BCUT2D eigenvalue weighted by Gasteiger charge is -2.56. The van der Waals surface area contributed by atoms with Gasteiger partial charge in [-0.3, -0.25) is 4.90 Å². The fourth-order valence-corrected chi connectivity index (χ4v) is 4.97. The molecule has 0 radical (unpaired) electrons. The highest BCUT2D eigenvalue weighted by atomic mass is 19.1. The zero-order valence-corrected chi connectivity index (χ0v) is 17.7. The normalized spacial score (nSPS) is 20.4. The Morgan fingerprint density at radius 3 is 2.72 bits per heavy atom. The van der Waals surface area contributed by atoms with Crippen LogP contribution >= 0.6 is 0 Å². The molecule has 1 aromatic carbocycles. The minimum atomic E-state index is -0.304. The summed E-state index contributed by atoms with van der Waals surface area (Å²) in [5, 5.41) is 0.992. The molecule has 6 heterocycles. The number of nitrogens with one attached hydrogen (secondary N) is 1. The number of aromatic amines is 1. The van der Waals surface area contributed by atoms with E-state index in [1.165, 1.54) is 13.5 Å². The topological polar surface area (TPSA) is 70.2 Å². The minimum absolute atomic E-state index is 0.289. The molecule has 0 amide bonds. The van der Waals surface area contributed by atoms with Crippen molar-refractivity contribution < 1.29 is 9.13 Å². The van der Waals surface area contributed by atoms with Gasteiger partial charge in [-0.2, -0.15) is 0 Å². The van der Waals surface area contributed by atoms with Crippen molar-refractivity contribution in [3.05, 3.63) is 66.5 Å². The number of hydrogen-bond donors (Lipinski definition) is 1. The second-order valence-corrected chi connectivity index (χ2v) is 8.46. The van der Waals surface area contributed by atoms with Gasteiger partial charge < -0.3 is 14.6 Å². The van der Waals surface area contributed by atoms with Crippen molar-refractivity contribution in [1.82, 2.24) is 24.8 Å². The Morgan fingerprint density at radius 2 is 1.97 bits per heavy atom. The monoisotopic (exact) mass is 430 g/mol. The van der Waals surface area contributed by atoms with Crippen LogP contribution in [-0.2, 0) is 6.54 Å². The third kappa shape index (κ3) is 3.18. The Labute approximate surface area is 184 Å². The first-order valence-electron chi connectivity index (χ1n) is 10.8. The third-order valence-electron chi connectivity index (χ3n) is 6.63. The minimum Gasteiger partial charge on any atom is -0.494 e. The maximum absolute atomic E-state index is 14.0. The number of methoxy groups -OCH3 is 1. The van der Waals surface area contributed by atoms with Crippen LogP contribution in [0.1, 0.15) is 12.0 Å². The summed E-state index contributed by atoms with van der Waals surface area (Å²) in [5.41, 5.74) is 3.67. The summed E-state index contributed by atoms with van der Waals surface area (Å²) in [6.45, 7) is 2.62. The molecule has 3 saturated heterocycles. The van der Waals surface area contributed by atoms with E-state index >= 15 is 0 Å². The average Bonchev–Trinajstić information content (AvgIpc) is 3.32. The average molecular weight is 430 g/mol. The molecule has 0 spiro atoms. The molecule has 2 unspecified atom stereocenters. The Bertz CT molecular complexity index is 1260. The van der Waals surface area contributed by atoms with Crippen molar-refractivity contribution in [2.75, 3.05) is 25.1 Å². The number of nitrogens with zero attached hydrogens (tertiary/aromatic N) is 5. The molecule has 7 nitrogen and oxygen atoms in total. The fraction of sp³-hybridized carbons (Fsp3) is 0.292. The number of aromatic nitrogens is 4. The van der Waals surface area contributed by atoms with Crippen LogP contribution in [-0.4, -0.2) is 57.1 Å². The molecular weight excluding hydrogens is 407 g/mol. The van der Waals surface area contributed by atoms with Gasteiger partial charge in [0.2, 0.25) is 0 Å². The first-order valence-corrected chi connectivity index (χ1v) is 10.8.